The number of allylic oxidation sites excluding steroid dienone is 3. The van der Waals surface area contributed by atoms with E-state index in [0.29, 0.717) is 17.6 Å². The summed E-state index contributed by atoms with van der Waals surface area (Å²) in [7, 11) is 0. The summed E-state index contributed by atoms with van der Waals surface area (Å²) in [6.07, 6.45) is 7.60. The maximum atomic E-state index is 11.8. The van der Waals surface area contributed by atoms with Crippen molar-refractivity contribution in [1.29, 1.82) is 0 Å². The van der Waals surface area contributed by atoms with E-state index in [9.17, 15) is 4.79 Å². The second kappa shape index (κ2) is 3.62. The standard InChI is InChI=1S/C14H20O/c1-4-5-6-13(15)10-7-8-11-12(9-10)14(11,2)3/h4,7,11-12H,1,5-6,8-9H2,2-3H3/t11-,12+/m1/s1. The van der Waals surface area contributed by atoms with Gasteiger partial charge in [-0.2, -0.15) is 0 Å². The van der Waals surface area contributed by atoms with Crippen LogP contribution in [0.5, 0.6) is 0 Å². The minimum atomic E-state index is 0.344. The van der Waals surface area contributed by atoms with E-state index in [1.165, 1.54) is 0 Å². The van der Waals surface area contributed by atoms with Crippen molar-refractivity contribution in [2.75, 3.05) is 0 Å². The van der Waals surface area contributed by atoms with Crippen molar-refractivity contribution < 1.29 is 4.79 Å². The van der Waals surface area contributed by atoms with Crippen LogP contribution in [-0.2, 0) is 4.79 Å². The first-order valence-corrected chi connectivity index (χ1v) is 5.90. The Kier molecular flexibility index (Phi) is 2.57. The lowest BCUT2D eigenvalue weighted by atomic mass is 9.94. The van der Waals surface area contributed by atoms with Crippen LogP contribution in [0.4, 0.5) is 0 Å². The Bertz CT molecular complexity index is 322. The molecule has 0 aromatic rings. The van der Waals surface area contributed by atoms with E-state index in [1.807, 2.05) is 6.08 Å². The minimum absolute atomic E-state index is 0.344. The van der Waals surface area contributed by atoms with Crippen LogP contribution < -0.4 is 0 Å². The molecule has 0 bridgehead atoms. The molecule has 0 N–H and O–H groups in total. The molecule has 0 saturated heterocycles. The number of hydrogen-bond acceptors (Lipinski definition) is 1. The van der Waals surface area contributed by atoms with Gasteiger partial charge in [0.25, 0.3) is 0 Å². The first-order valence-electron chi connectivity index (χ1n) is 5.90. The fourth-order valence-electron chi connectivity index (χ4n) is 2.94. The minimum Gasteiger partial charge on any atom is -0.295 e. The third-order valence-corrected chi connectivity index (χ3v) is 4.28. The van der Waals surface area contributed by atoms with Crippen molar-refractivity contribution in [3.63, 3.8) is 0 Å². The third kappa shape index (κ3) is 1.80. The highest BCUT2D eigenvalue weighted by atomic mass is 16.1. The summed E-state index contributed by atoms with van der Waals surface area (Å²) in [6, 6.07) is 0. The average molecular weight is 204 g/mol. The highest BCUT2D eigenvalue weighted by Crippen LogP contribution is 2.64. The molecule has 1 fully saturated rings. The van der Waals surface area contributed by atoms with Crippen LogP contribution in [0.3, 0.4) is 0 Å². The summed E-state index contributed by atoms with van der Waals surface area (Å²) < 4.78 is 0. The Labute approximate surface area is 92.3 Å². The molecule has 0 aromatic carbocycles. The number of ketones is 1. The first kappa shape index (κ1) is 10.7. The van der Waals surface area contributed by atoms with Gasteiger partial charge in [0, 0.05) is 6.42 Å². The highest BCUT2D eigenvalue weighted by Gasteiger charge is 2.57. The highest BCUT2D eigenvalue weighted by molar-refractivity contribution is 5.95. The number of Topliss-reactive ketones (excluding diaryl/α,β-unsaturated/α-hetero) is 1. The molecule has 15 heavy (non-hydrogen) atoms. The smallest absolute Gasteiger partial charge is 0.158 e. The molecular weight excluding hydrogens is 184 g/mol. The Morgan fingerprint density at radius 1 is 1.60 bits per heavy atom. The molecule has 82 valence electrons. The van der Waals surface area contributed by atoms with Gasteiger partial charge < -0.3 is 0 Å². The summed E-state index contributed by atoms with van der Waals surface area (Å²) in [5, 5.41) is 0. The number of carbonyl (C=O) groups excluding carboxylic acids is 1. The van der Waals surface area contributed by atoms with Crippen molar-refractivity contribution in [1.82, 2.24) is 0 Å². The fourth-order valence-corrected chi connectivity index (χ4v) is 2.94. The Morgan fingerprint density at radius 3 is 2.93 bits per heavy atom. The van der Waals surface area contributed by atoms with Crippen LogP contribution in [0.1, 0.15) is 39.5 Å². The number of carbonyl (C=O) groups is 1. The normalized spacial score (nSPS) is 31.5. The second-order valence-corrected chi connectivity index (χ2v) is 5.45. The van der Waals surface area contributed by atoms with Crippen LogP contribution >= 0.6 is 0 Å². The topological polar surface area (TPSA) is 17.1 Å². The number of hydrogen-bond donors (Lipinski definition) is 0. The monoisotopic (exact) mass is 204 g/mol. The molecule has 0 heterocycles. The van der Waals surface area contributed by atoms with Gasteiger partial charge in [0.15, 0.2) is 5.78 Å². The molecule has 2 atom stereocenters. The van der Waals surface area contributed by atoms with Gasteiger partial charge in [-0.3, -0.25) is 4.79 Å². The van der Waals surface area contributed by atoms with Gasteiger partial charge in [0.1, 0.15) is 0 Å². The molecule has 2 aliphatic rings. The Balaban J connectivity index is 1.94. The number of fused-ring (bicyclic) bond motifs is 1. The molecule has 0 amide bonds. The molecule has 0 radical (unpaired) electrons. The van der Waals surface area contributed by atoms with Gasteiger partial charge in [-0.25, -0.2) is 0 Å². The summed E-state index contributed by atoms with van der Waals surface area (Å²) in [4.78, 5) is 11.8. The van der Waals surface area contributed by atoms with Gasteiger partial charge >= 0.3 is 0 Å². The first-order chi connectivity index (χ1) is 7.07. The summed E-state index contributed by atoms with van der Waals surface area (Å²) in [5.41, 5.74) is 1.57. The van der Waals surface area contributed by atoms with E-state index in [0.717, 1.165) is 36.7 Å². The largest absolute Gasteiger partial charge is 0.295 e. The average Bonchev–Trinajstić information content (AvgIpc) is 2.78. The quantitative estimate of drug-likeness (QED) is 0.640. The number of rotatable bonds is 4. The predicted octanol–water partition coefficient (Wildman–Crippen LogP) is 3.51. The molecule has 2 aliphatic carbocycles. The van der Waals surface area contributed by atoms with Crippen molar-refractivity contribution in [2.45, 2.75) is 39.5 Å². The molecule has 1 nitrogen and oxygen atoms in total. The molecule has 1 heteroatoms. The summed E-state index contributed by atoms with van der Waals surface area (Å²) in [6.45, 7) is 8.31. The van der Waals surface area contributed by atoms with Crippen LogP contribution in [0.25, 0.3) is 0 Å². The van der Waals surface area contributed by atoms with Gasteiger partial charge in [-0.1, -0.05) is 26.0 Å². The van der Waals surface area contributed by atoms with Gasteiger partial charge in [0.05, 0.1) is 0 Å². The zero-order valence-corrected chi connectivity index (χ0v) is 9.75. The maximum absolute atomic E-state index is 11.8. The molecule has 2 rings (SSSR count). The van der Waals surface area contributed by atoms with E-state index < -0.39 is 0 Å². The lowest BCUT2D eigenvalue weighted by molar-refractivity contribution is -0.115. The maximum Gasteiger partial charge on any atom is 0.158 e. The predicted molar refractivity (Wildman–Crippen MR) is 62.5 cm³/mol. The Morgan fingerprint density at radius 2 is 2.33 bits per heavy atom. The van der Waals surface area contributed by atoms with Crippen molar-refractivity contribution in [3.05, 3.63) is 24.3 Å². The van der Waals surface area contributed by atoms with E-state index in [2.05, 4.69) is 26.5 Å². The van der Waals surface area contributed by atoms with Crippen LogP contribution in [0.15, 0.2) is 24.3 Å². The molecular formula is C14H20O. The van der Waals surface area contributed by atoms with Gasteiger partial charge in [-0.15, -0.1) is 6.58 Å². The van der Waals surface area contributed by atoms with Crippen molar-refractivity contribution in [3.8, 4) is 0 Å². The van der Waals surface area contributed by atoms with Gasteiger partial charge in [0.2, 0.25) is 0 Å². The zero-order chi connectivity index (χ0) is 11.1. The fraction of sp³-hybridized carbons (Fsp3) is 0.643. The lowest BCUT2D eigenvalue weighted by Gasteiger charge is -2.10. The van der Waals surface area contributed by atoms with E-state index >= 15 is 0 Å². The van der Waals surface area contributed by atoms with E-state index in [4.69, 9.17) is 0 Å². The van der Waals surface area contributed by atoms with Crippen LogP contribution in [-0.4, -0.2) is 5.78 Å². The molecule has 0 spiro atoms. The van der Waals surface area contributed by atoms with Crippen molar-refractivity contribution in [2.24, 2.45) is 17.3 Å². The zero-order valence-electron chi connectivity index (χ0n) is 9.75. The molecule has 0 aromatic heterocycles. The Hall–Kier alpha value is -0.850. The van der Waals surface area contributed by atoms with Crippen LogP contribution in [0, 0.1) is 17.3 Å². The SMILES string of the molecule is C=CCCC(=O)C1=CC[C@@H]2[C@H](C1)C2(C)C. The third-order valence-electron chi connectivity index (χ3n) is 4.28. The van der Waals surface area contributed by atoms with Crippen molar-refractivity contribution >= 4 is 5.78 Å². The molecule has 0 unspecified atom stereocenters. The summed E-state index contributed by atoms with van der Waals surface area (Å²) >= 11 is 0. The summed E-state index contributed by atoms with van der Waals surface area (Å²) in [5.74, 6) is 1.95. The lowest BCUT2D eigenvalue weighted by Crippen LogP contribution is -2.06. The molecule has 0 aliphatic heterocycles. The molecule has 1 saturated carbocycles. The van der Waals surface area contributed by atoms with E-state index in [1.54, 1.807) is 0 Å². The second-order valence-electron chi connectivity index (χ2n) is 5.45. The van der Waals surface area contributed by atoms with Gasteiger partial charge in [-0.05, 0) is 42.1 Å². The van der Waals surface area contributed by atoms with Crippen LogP contribution in [0.2, 0.25) is 0 Å². The van der Waals surface area contributed by atoms with E-state index in [-0.39, 0.29) is 0 Å².